The molecule has 0 spiro atoms. The average Bonchev–Trinajstić information content (AvgIpc) is 2.21. The third-order valence-electron chi connectivity index (χ3n) is 2.33. The highest BCUT2D eigenvalue weighted by atomic mass is 19.4. The van der Waals surface area contributed by atoms with Gasteiger partial charge in [0.15, 0.2) is 0 Å². The van der Waals surface area contributed by atoms with Crippen molar-refractivity contribution in [1.82, 2.24) is 5.32 Å². The number of nitrogens with one attached hydrogen (secondary N) is 1. The van der Waals surface area contributed by atoms with Crippen molar-refractivity contribution in [2.45, 2.75) is 26.1 Å². The molecule has 1 aromatic carbocycles. The molecule has 0 bridgehead atoms. The number of rotatable bonds is 2. The first-order valence-corrected chi connectivity index (χ1v) is 4.96. The lowest BCUT2D eigenvalue weighted by Gasteiger charge is -2.17. The van der Waals surface area contributed by atoms with Crippen LogP contribution in [0.1, 0.15) is 22.8 Å². The Hall–Kier alpha value is -1.66. The van der Waals surface area contributed by atoms with Crippen LogP contribution < -0.4 is 5.32 Å². The highest BCUT2D eigenvalue weighted by molar-refractivity contribution is 5.94. The van der Waals surface area contributed by atoms with E-state index >= 15 is 0 Å². The van der Waals surface area contributed by atoms with Crippen molar-refractivity contribution in [2.24, 2.45) is 0 Å². The molecule has 1 N–H and O–H groups in total. The van der Waals surface area contributed by atoms with Gasteiger partial charge in [-0.1, -0.05) is 0 Å². The molecular formula is C11H10F5NO. The van der Waals surface area contributed by atoms with Crippen LogP contribution in [0.15, 0.2) is 12.1 Å². The van der Waals surface area contributed by atoms with E-state index in [2.05, 4.69) is 0 Å². The van der Waals surface area contributed by atoms with Crippen molar-refractivity contribution in [1.29, 1.82) is 0 Å². The van der Waals surface area contributed by atoms with E-state index in [4.69, 9.17) is 0 Å². The number of carbonyl (C=O) groups is 1. The van der Waals surface area contributed by atoms with Crippen molar-refractivity contribution < 1.29 is 26.7 Å². The van der Waals surface area contributed by atoms with Gasteiger partial charge in [-0.15, -0.1) is 0 Å². The fourth-order valence-electron chi connectivity index (χ4n) is 1.18. The van der Waals surface area contributed by atoms with Gasteiger partial charge in [-0.3, -0.25) is 4.79 Å². The summed E-state index contributed by atoms with van der Waals surface area (Å²) < 4.78 is 63.0. The Morgan fingerprint density at radius 3 is 2.28 bits per heavy atom. The molecule has 100 valence electrons. The SMILES string of the molecule is Cc1cc(F)c(C(=O)N[C@@H](C)C(F)(F)F)cc1F. The first-order valence-electron chi connectivity index (χ1n) is 4.96. The van der Waals surface area contributed by atoms with Crippen molar-refractivity contribution in [3.63, 3.8) is 0 Å². The van der Waals surface area contributed by atoms with E-state index in [1.807, 2.05) is 0 Å². The first kappa shape index (κ1) is 14.4. The van der Waals surface area contributed by atoms with Crippen LogP contribution in [-0.2, 0) is 0 Å². The van der Waals surface area contributed by atoms with E-state index in [0.717, 1.165) is 6.07 Å². The van der Waals surface area contributed by atoms with Gasteiger partial charge in [0.25, 0.3) is 5.91 Å². The molecule has 0 fully saturated rings. The number of hydrogen-bond acceptors (Lipinski definition) is 1. The molecular weight excluding hydrogens is 257 g/mol. The van der Waals surface area contributed by atoms with E-state index in [0.29, 0.717) is 13.0 Å². The summed E-state index contributed by atoms with van der Waals surface area (Å²) in [7, 11) is 0. The highest BCUT2D eigenvalue weighted by Gasteiger charge is 2.37. The van der Waals surface area contributed by atoms with Gasteiger partial charge < -0.3 is 5.32 Å². The molecule has 0 radical (unpaired) electrons. The lowest BCUT2D eigenvalue weighted by Crippen LogP contribution is -2.43. The third kappa shape index (κ3) is 3.18. The highest BCUT2D eigenvalue weighted by Crippen LogP contribution is 2.20. The molecule has 1 rings (SSSR count). The van der Waals surface area contributed by atoms with Gasteiger partial charge >= 0.3 is 6.18 Å². The molecule has 7 heteroatoms. The van der Waals surface area contributed by atoms with Crippen molar-refractivity contribution in [2.75, 3.05) is 0 Å². The molecule has 1 amide bonds. The molecule has 1 atom stereocenters. The number of aryl methyl sites for hydroxylation is 1. The summed E-state index contributed by atoms with van der Waals surface area (Å²) in [5, 5.41) is 1.55. The smallest absolute Gasteiger partial charge is 0.340 e. The maximum absolute atomic E-state index is 13.3. The van der Waals surface area contributed by atoms with Crippen molar-refractivity contribution >= 4 is 5.91 Å². The topological polar surface area (TPSA) is 29.1 Å². The van der Waals surface area contributed by atoms with Gasteiger partial charge in [0.2, 0.25) is 0 Å². The summed E-state index contributed by atoms with van der Waals surface area (Å²) >= 11 is 0. The van der Waals surface area contributed by atoms with Crippen LogP contribution in [0.25, 0.3) is 0 Å². The van der Waals surface area contributed by atoms with Crippen LogP contribution in [0.3, 0.4) is 0 Å². The number of benzene rings is 1. The lowest BCUT2D eigenvalue weighted by molar-refractivity contribution is -0.149. The van der Waals surface area contributed by atoms with Crippen LogP contribution in [0, 0.1) is 18.6 Å². The number of amides is 1. The van der Waals surface area contributed by atoms with E-state index in [9.17, 15) is 26.7 Å². The second-order valence-electron chi connectivity index (χ2n) is 3.82. The van der Waals surface area contributed by atoms with Crippen LogP contribution in [0.4, 0.5) is 22.0 Å². The molecule has 0 heterocycles. The van der Waals surface area contributed by atoms with Gasteiger partial charge in [-0.05, 0) is 31.5 Å². The predicted octanol–water partition coefficient (Wildman–Crippen LogP) is 2.95. The van der Waals surface area contributed by atoms with Gasteiger partial charge in [0, 0.05) is 0 Å². The van der Waals surface area contributed by atoms with Crippen molar-refractivity contribution in [3.05, 3.63) is 34.9 Å². The second-order valence-corrected chi connectivity index (χ2v) is 3.82. The molecule has 0 unspecified atom stereocenters. The predicted molar refractivity (Wildman–Crippen MR) is 54.1 cm³/mol. The van der Waals surface area contributed by atoms with Crippen LogP contribution in [0.5, 0.6) is 0 Å². The van der Waals surface area contributed by atoms with E-state index in [-0.39, 0.29) is 5.56 Å². The summed E-state index contributed by atoms with van der Waals surface area (Å²) in [4.78, 5) is 11.4. The van der Waals surface area contributed by atoms with Crippen molar-refractivity contribution in [3.8, 4) is 0 Å². The quantitative estimate of drug-likeness (QED) is 0.820. The Morgan fingerprint density at radius 1 is 1.22 bits per heavy atom. The largest absolute Gasteiger partial charge is 0.408 e. The fraction of sp³-hybridized carbons (Fsp3) is 0.364. The molecule has 0 aliphatic heterocycles. The monoisotopic (exact) mass is 267 g/mol. The van der Waals surface area contributed by atoms with Crippen LogP contribution in [0.2, 0.25) is 0 Å². The van der Waals surface area contributed by atoms with Gasteiger partial charge in [0.1, 0.15) is 17.7 Å². The zero-order valence-electron chi connectivity index (χ0n) is 9.53. The maximum atomic E-state index is 13.3. The standard InChI is InChI=1S/C11H10F5NO/c1-5-3-9(13)7(4-8(5)12)10(18)17-6(2)11(14,15)16/h3-4,6H,1-2H3,(H,17,18)/t6-/m0/s1. The normalized spacial score (nSPS) is 13.3. The van der Waals surface area contributed by atoms with Crippen LogP contribution in [-0.4, -0.2) is 18.1 Å². The van der Waals surface area contributed by atoms with Gasteiger partial charge in [0.05, 0.1) is 5.56 Å². The summed E-state index contributed by atoms with van der Waals surface area (Å²) in [6, 6.07) is -0.820. The number of carbonyl (C=O) groups excluding carboxylic acids is 1. The Balaban J connectivity index is 2.95. The number of halogens is 5. The molecule has 0 aromatic heterocycles. The zero-order chi connectivity index (χ0) is 14.1. The van der Waals surface area contributed by atoms with Crippen LogP contribution >= 0.6 is 0 Å². The van der Waals surface area contributed by atoms with Gasteiger partial charge in [-0.25, -0.2) is 8.78 Å². The molecule has 0 saturated carbocycles. The summed E-state index contributed by atoms with van der Waals surface area (Å²) in [6.07, 6.45) is -4.64. The molecule has 18 heavy (non-hydrogen) atoms. The van der Waals surface area contributed by atoms with Gasteiger partial charge in [-0.2, -0.15) is 13.2 Å². The van der Waals surface area contributed by atoms with E-state index < -0.39 is 35.3 Å². The minimum absolute atomic E-state index is 0.0343. The molecule has 0 aliphatic rings. The Kier molecular flexibility index (Phi) is 3.93. The van der Waals surface area contributed by atoms with E-state index in [1.165, 1.54) is 6.92 Å². The van der Waals surface area contributed by atoms with E-state index in [1.54, 1.807) is 5.32 Å². The zero-order valence-corrected chi connectivity index (χ0v) is 9.53. The summed E-state index contributed by atoms with van der Waals surface area (Å²) in [5.41, 5.74) is -0.790. The molecule has 0 aliphatic carbocycles. The summed E-state index contributed by atoms with van der Waals surface area (Å²) in [5.74, 6) is -3.24. The second kappa shape index (κ2) is 4.91. The summed E-state index contributed by atoms with van der Waals surface area (Å²) in [6.45, 7) is 1.98. The maximum Gasteiger partial charge on any atom is 0.408 e. The minimum Gasteiger partial charge on any atom is -0.340 e. The fourth-order valence-corrected chi connectivity index (χ4v) is 1.18. The Morgan fingerprint density at radius 2 is 1.78 bits per heavy atom. The lowest BCUT2D eigenvalue weighted by atomic mass is 10.1. The average molecular weight is 267 g/mol. The molecule has 1 aromatic rings. The molecule has 2 nitrogen and oxygen atoms in total. The Labute approximate surface area is 99.8 Å². The number of alkyl halides is 3. The third-order valence-corrected chi connectivity index (χ3v) is 2.33. The minimum atomic E-state index is -4.64. The Bertz CT molecular complexity index is 469. The number of hydrogen-bond donors (Lipinski definition) is 1. The molecule has 0 saturated heterocycles. The first-order chi connectivity index (χ1) is 8.12.